The van der Waals surface area contributed by atoms with Crippen LogP contribution < -0.4 is 9.47 Å². The number of amides is 1. The van der Waals surface area contributed by atoms with Crippen molar-refractivity contribution in [3.63, 3.8) is 0 Å². The van der Waals surface area contributed by atoms with Crippen molar-refractivity contribution in [1.82, 2.24) is 4.90 Å². The molecule has 3 rings (SSSR count). The number of ether oxygens (including phenoxy) is 2. The van der Waals surface area contributed by atoms with Crippen LogP contribution in [0.5, 0.6) is 11.5 Å². The molecule has 0 bridgehead atoms. The molecule has 6 heteroatoms. The molecule has 0 radical (unpaired) electrons. The van der Waals surface area contributed by atoms with Crippen LogP contribution in [-0.4, -0.2) is 37.3 Å². The first-order valence-electron chi connectivity index (χ1n) is 7.54. The number of thioether (sulfide) groups is 1. The van der Waals surface area contributed by atoms with Crippen molar-refractivity contribution in [2.24, 2.45) is 0 Å². The predicted octanol–water partition coefficient (Wildman–Crippen LogP) is 4.35. The second kappa shape index (κ2) is 7.49. The van der Waals surface area contributed by atoms with Crippen LogP contribution in [-0.2, 0) is 0 Å². The molecule has 4 nitrogen and oxygen atoms in total. The maximum atomic E-state index is 12.9. The Morgan fingerprint density at radius 1 is 1.21 bits per heavy atom. The van der Waals surface area contributed by atoms with Crippen molar-refractivity contribution >= 4 is 33.6 Å². The smallest absolute Gasteiger partial charge is 0.255 e. The minimum absolute atomic E-state index is 0.0316. The summed E-state index contributed by atoms with van der Waals surface area (Å²) < 4.78 is 11.7. The average molecular weight is 408 g/mol. The van der Waals surface area contributed by atoms with Gasteiger partial charge in [0.1, 0.15) is 16.9 Å². The lowest BCUT2D eigenvalue weighted by atomic mass is 10.1. The van der Waals surface area contributed by atoms with Crippen LogP contribution in [0.3, 0.4) is 0 Å². The van der Waals surface area contributed by atoms with Gasteiger partial charge in [0.25, 0.3) is 5.91 Å². The van der Waals surface area contributed by atoms with Gasteiger partial charge < -0.3 is 14.4 Å². The number of hydrogen-bond donors (Lipinski definition) is 0. The van der Waals surface area contributed by atoms with Gasteiger partial charge in [0.2, 0.25) is 0 Å². The van der Waals surface area contributed by atoms with Crippen LogP contribution in [0, 0.1) is 0 Å². The molecule has 1 aliphatic heterocycles. The molecule has 1 amide bonds. The third-order valence-electron chi connectivity index (χ3n) is 3.93. The van der Waals surface area contributed by atoms with E-state index in [0.717, 1.165) is 33.8 Å². The summed E-state index contributed by atoms with van der Waals surface area (Å²) in [6, 6.07) is 13.2. The highest BCUT2D eigenvalue weighted by Gasteiger charge is 2.33. The van der Waals surface area contributed by atoms with Crippen LogP contribution in [0.1, 0.15) is 21.3 Å². The molecule has 1 aliphatic rings. The summed E-state index contributed by atoms with van der Waals surface area (Å²) in [5.74, 6) is 2.41. The molecule has 2 aromatic carbocycles. The van der Waals surface area contributed by atoms with E-state index < -0.39 is 0 Å². The molecule has 1 saturated heterocycles. The topological polar surface area (TPSA) is 38.8 Å². The van der Waals surface area contributed by atoms with Crippen molar-refractivity contribution in [2.75, 3.05) is 26.5 Å². The molecule has 1 atom stereocenters. The first-order chi connectivity index (χ1) is 11.6. The fourth-order valence-electron chi connectivity index (χ4n) is 2.75. The summed E-state index contributed by atoms with van der Waals surface area (Å²) in [5, 5.41) is -0.0580. The van der Waals surface area contributed by atoms with Crippen LogP contribution in [0.15, 0.2) is 46.9 Å². The fourth-order valence-corrected chi connectivity index (χ4v) is 4.43. The number of rotatable bonds is 4. The minimum atomic E-state index is -0.0580. The Bertz CT molecular complexity index is 753. The highest BCUT2D eigenvalue weighted by molar-refractivity contribution is 9.10. The number of hydrogen-bond acceptors (Lipinski definition) is 4. The monoisotopic (exact) mass is 407 g/mol. The molecule has 126 valence electrons. The van der Waals surface area contributed by atoms with Gasteiger partial charge in [0.05, 0.1) is 14.2 Å². The average Bonchev–Trinajstić information content (AvgIpc) is 3.09. The van der Waals surface area contributed by atoms with Crippen molar-refractivity contribution < 1.29 is 14.3 Å². The van der Waals surface area contributed by atoms with Gasteiger partial charge in [-0.05, 0) is 30.3 Å². The summed E-state index contributed by atoms with van der Waals surface area (Å²) in [7, 11) is 3.26. The molecular formula is C18H18BrNO3S. The maximum absolute atomic E-state index is 12.9. The summed E-state index contributed by atoms with van der Waals surface area (Å²) in [6.07, 6.45) is 0. The Kier molecular flexibility index (Phi) is 5.36. The lowest BCUT2D eigenvalue weighted by molar-refractivity contribution is 0.0759. The lowest BCUT2D eigenvalue weighted by Crippen LogP contribution is -2.30. The number of carbonyl (C=O) groups is 1. The lowest BCUT2D eigenvalue weighted by Gasteiger charge is -2.25. The van der Waals surface area contributed by atoms with Gasteiger partial charge in [0.15, 0.2) is 0 Å². The standard InChI is InChI=1S/C18H18BrNO3S/c1-22-14-6-7-15(16(11-14)23-2)18-20(8-9-24-18)17(21)12-4-3-5-13(19)10-12/h3-7,10-11,18H,8-9H2,1-2H3. The van der Waals surface area contributed by atoms with E-state index in [1.165, 1.54) is 0 Å². The molecule has 0 saturated carbocycles. The highest BCUT2D eigenvalue weighted by Crippen LogP contribution is 2.43. The van der Waals surface area contributed by atoms with E-state index in [1.807, 2.05) is 47.4 Å². The first kappa shape index (κ1) is 17.2. The SMILES string of the molecule is COc1ccc(C2SCCN2C(=O)c2cccc(Br)c2)c(OC)c1. The number of halogens is 1. The molecular weight excluding hydrogens is 390 g/mol. The minimum Gasteiger partial charge on any atom is -0.497 e. The quantitative estimate of drug-likeness (QED) is 0.754. The molecule has 0 aliphatic carbocycles. The third kappa shape index (κ3) is 3.39. The second-order valence-corrected chi connectivity index (χ2v) is 7.44. The fraction of sp³-hybridized carbons (Fsp3) is 0.278. The molecule has 1 unspecified atom stereocenters. The van der Waals surface area contributed by atoms with E-state index in [0.29, 0.717) is 5.56 Å². The van der Waals surface area contributed by atoms with Gasteiger partial charge in [-0.25, -0.2) is 0 Å². The number of methoxy groups -OCH3 is 2. The van der Waals surface area contributed by atoms with Crippen LogP contribution in [0.2, 0.25) is 0 Å². The molecule has 24 heavy (non-hydrogen) atoms. The van der Waals surface area contributed by atoms with E-state index in [9.17, 15) is 4.79 Å². The molecule has 0 aromatic heterocycles. The molecule has 0 N–H and O–H groups in total. The van der Waals surface area contributed by atoms with Crippen molar-refractivity contribution in [3.05, 3.63) is 58.1 Å². The molecule has 0 spiro atoms. The van der Waals surface area contributed by atoms with E-state index >= 15 is 0 Å². The predicted molar refractivity (Wildman–Crippen MR) is 99.9 cm³/mol. The van der Waals surface area contributed by atoms with Crippen LogP contribution >= 0.6 is 27.7 Å². The van der Waals surface area contributed by atoms with Crippen molar-refractivity contribution in [1.29, 1.82) is 0 Å². The zero-order valence-electron chi connectivity index (χ0n) is 13.5. The Labute approximate surface area is 154 Å². The Morgan fingerprint density at radius 3 is 2.75 bits per heavy atom. The van der Waals surface area contributed by atoms with Crippen molar-refractivity contribution in [3.8, 4) is 11.5 Å². The first-order valence-corrected chi connectivity index (χ1v) is 9.38. The van der Waals surface area contributed by atoms with Gasteiger partial charge in [0, 0.05) is 34.0 Å². The number of carbonyl (C=O) groups excluding carboxylic acids is 1. The highest BCUT2D eigenvalue weighted by atomic mass is 79.9. The number of benzene rings is 2. The van der Waals surface area contributed by atoms with E-state index in [1.54, 1.807) is 26.0 Å². The molecule has 1 fully saturated rings. The van der Waals surface area contributed by atoms with Gasteiger partial charge in [-0.3, -0.25) is 4.79 Å². The Morgan fingerprint density at radius 2 is 2.04 bits per heavy atom. The number of nitrogens with zero attached hydrogens (tertiary/aromatic N) is 1. The molecule has 1 heterocycles. The normalized spacial score (nSPS) is 17.0. The Hall–Kier alpha value is -1.66. The third-order valence-corrected chi connectivity index (χ3v) is 5.67. The molecule has 2 aromatic rings. The van der Waals surface area contributed by atoms with Gasteiger partial charge in [-0.15, -0.1) is 11.8 Å². The summed E-state index contributed by atoms with van der Waals surface area (Å²) in [4.78, 5) is 14.8. The van der Waals surface area contributed by atoms with E-state index in [-0.39, 0.29) is 11.3 Å². The largest absolute Gasteiger partial charge is 0.497 e. The van der Waals surface area contributed by atoms with Crippen molar-refractivity contribution in [2.45, 2.75) is 5.37 Å². The summed E-state index contributed by atoms with van der Waals surface area (Å²) in [6.45, 7) is 0.718. The van der Waals surface area contributed by atoms with Crippen LogP contribution in [0.4, 0.5) is 0 Å². The zero-order chi connectivity index (χ0) is 17.1. The maximum Gasteiger partial charge on any atom is 0.255 e. The van der Waals surface area contributed by atoms with Gasteiger partial charge in [-0.2, -0.15) is 0 Å². The van der Waals surface area contributed by atoms with Gasteiger partial charge >= 0.3 is 0 Å². The second-order valence-electron chi connectivity index (χ2n) is 5.34. The van der Waals surface area contributed by atoms with E-state index in [4.69, 9.17) is 9.47 Å². The Balaban J connectivity index is 1.92. The summed E-state index contributed by atoms with van der Waals surface area (Å²) >= 11 is 5.17. The van der Waals surface area contributed by atoms with Gasteiger partial charge in [-0.1, -0.05) is 22.0 Å². The zero-order valence-corrected chi connectivity index (χ0v) is 15.9. The summed E-state index contributed by atoms with van der Waals surface area (Å²) in [5.41, 5.74) is 1.67. The van der Waals surface area contributed by atoms with Crippen LogP contribution in [0.25, 0.3) is 0 Å². The van der Waals surface area contributed by atoms with E-state index in [2.05, 4.69) is 15.9 Å².